The number of amidine groups is 1. The van der Waals surface area contributed by atoms with Crippen LogP contribution >= 0.6 is 0 Å². The molecular weight excluding hydrogens is 597 g/mol. The fraction of sp³-hybridized carbons (Fsp3) is 0.0444. The molecule has 2 aliphatic heterocycles. The Morgan fingerprint density at radius 2 is 1.43 bits per heavy atom. The molecule has 49 heavy (non-hydrogen) atoms. The molecule has 5 aromatic carbocycles. The van der Waals surface area contributed by atoms with Gasteiger partial charge in [0.15, 0.2) is 5.84 Å². The highest BCUT2D eigenvalue weighted by Crippen LogP contribution is 2.30. The summed E-state index contributed by atoms with van der Waals surface area (Å²) in [6, 6.07) is 42.0. The van der Waals surface area contributed by atoms with Crippen LogP contribution in [0.1, 0.15) is 29.2 Å². The summed E-state index contributed by atoms with van der Waals surface area (Å²) in [6.07, 6.45) is 16.0. The van der Waals surface area contributed by atoms with Crippen molar-refractivity contribution in [3.8, 4) is 11.1 Å². The fourth-order valence-corrected chi connectivity index (χ4v) is 6.36. The van der Waals surface area contributed by atoms with Crippen molar-refractivity contribution in [3.05, 3.63) is 192 Å². The summed E-state index contributed by atoms with van der Waals surface area (Å²) in [6.45, 7) is 2.02. The van der Waals surface area contributed by atoms with Crippen molar-refractivity contribution in [2.45, 2.75) is 13.0 Å². The quantitative estimate of drug-likeness (QED) is 0.128. The summed E-state index contributed by atoms with van der Waals surface area (Å²) in [5.41, 5.74) is 13.4. The number of allylic oxidation sites excluding steroid dienone is 5. The normalized spacial score (nSPS) is 15.9. The maximum Gasteiger partial charge on any atom is 0.161 e. The summed E-state index contributed by atoms with van der Waals surface area (Å²) in [4.78, 5) is 19.7. The van der Waals surface area contributed by atoms with Crippen LogP contribution in [-0.4, -0.2) is 28.8 Å². The molecule has 1 aromatic heterocycles. The second kappa shape index (κ2) is 13.3. The van der Waals surface area contributed by atoms with Crippen LogP contribution in [0.4, 0.5) is 0 Å². The number of aromatic nitrogens is 1. The lowest BCUT2D eigenvalue weighted by Gasteiger charge is -2.12. The van der Waals surface area contributed by atoms with E-state index in [9.17, 15) is 0 Å². The highest BCUT2D eigenvalue weighted by Gasteiger charge is 2.16. The zero-order valence-electron chi connectivity index (χ0n) is 27.0. The van der Waals surface area contributed by atoms with Crippen molar-refractivity contribution in [1.82, 2.24) is 4.98 Å². The standard InChI is InChI=1S/C45H32N4/c1-2-3-14-38(42-18-9-29-46-42)32-19-23-34(24-20-32)41-27-28-43(40-17-6-11-31-10-4-5-15-37(31)40)49-45(48-41)36-25-21-33(22-26-36)39-16-7-12-35-13-8-30-47-44(35)39/h2-26,28-30,42H,1H3/b3-2-,38-14-. The van der Waals surface area contributed by atoms with Crippen molar-refractivity contribution < 1.29 is 0 Å². The van der Waals surface area contributed by atoms with Gasteiger partial charge in [0.1, 0.15) is 5.70 Å². The first-order valence-electron chi connectivity index (χ1n) is 16.5. The lowest BCUT2D eigenvalue weighted by atomic mass is 9.97. The Balaban J connectivity index is 1.22. The van der Waals surface area contributed by atoms with Gasteiger partial charge in [-0.15, -0.1) is 0 Å². The number of para-hydroxylation sites is 1. The third-order valence-corrected chi connectivity index (χ3v) is 8.85. The zero-order chi connectivity index (χ0) is 33.0. The Morgan fingerprint density at radius 3 is 2.24 bits per heavy atom. The van der Waals surface area contributed by atoms with Gasteiger partial charge in [0.25, 0.3) is 0 Å². The maximum absolute atomic E-state index is 5.20. The Morgan fingerprint density at radius 1 is 0.694 bits per heavy atom. The van der Waals surface area contributed by atoms with Gasteiger partial charge in [0.2, 0.25) is 0 Å². The van der Waals surface area contributed by atoms with Crippen LogP contribution in [-0.2, 0) is 0 Å². The van der Waals surface area contributed by atoms with E-state index < -0.39 is 0 Å². The summed E-state index contributed by atoms with van der Waals surface area (Å²) < 4.78 is 0. The van der Waals surface area contributed by atoms with Gasteiger partial charge in [-0.3, -0.25) is 9.98 Å². The fourth-order valence-electron chi connectivity index (χ4n) is 6.36. The molecule has 3 heterocycles. The molecule has 0 saturated carbocycles. The third kappa shape index (κ3) is 6.05. The molecule has 6 aromatic rings. The zero-order valence-corrected chi connectivity index (χ0v) is 27.0. The first kappa shape index (κ1) is 29.9. The number of rotatable bonds is 7. The summed E-state index contributed by atoms with van der Waals surface area (Å²) in [5.74, 6) is 0.630. The molecule has 0 aliphatic carbocycles. The first-order valence-corrected chi connectivity index (χ1v) is 16.5. The minimum absolute atomic E-state index is 0.00736. The van der Waals surface area contributed by atoms with E-state index in [2.05, 4.69) is 149 Å². The second-order valence-electron chi connectivity index (χ2n) is 11.9. The monoisotopic (exact) mass is 628 g/mol. The van der Waals surface area contributed by atoms with Gasteiger partial charge in [-0.2, -0.15) is 0 Å². The first-order chi connectivity index (χ1) is 24.2. The molecule has 4 nitrogen and oxygen atoms in total. The van der Waals surface area contributed by atoms with Crippen molar-refractivity contribution in [1.29, 1.82) is 0 Å². The van der Waals surface area contributed by atoms with Crippen LogP contribution < -0.4 is 0 Å². The Kier molecular flexibility index (Phi) is 8.13. The average molecular weight is 629 g/mol. The van der Waals surface area contributed by atoms with Crippen molar-refractivity contribution >= 4 is 50.7 Å². The molecule has 232 valence electrons. The van der Waals surface area contributed by atoms with Gasteiger partial charge in [0.05, 0.1) is 17.3 Å². The van der Waals surface area contributed by atoms with E-state index in [1.807, 2.05) is 43.6 Å². The lowest BCUT2D eigenvalue weighted by molar-refractivity contribution is 1.08. The van der Waals surface area contributed by atoms with E-state index in [-0.39, 0.29) is 6.04 Å². The van der Waals surface area contributed by atoms with Gasteiger partial charge in [-0.25, -0.2) is 9.98 Å². The average Bonchev–Trinajstić information content (AvgIpc) is 3.61. The molecule has 0 saturated heterocycles. The molecule has 0 N–H and O–H groups in total. The van der Waals surface area contributed by atoms with E-state index in [1.54, 1.807) is 0 Å². The van der Waals surface area contributed by atoms with Gasteiger partial charge < -0.3 is 0 Å². The minimum atomic E-state index is 0.00736. The number of nitrogens with zero attached hydrogens (tertiary/aromatic N) is 4. The molecule has 1 atom stereocenters. The van der Waals surface area contributed by atoms with Crippen LogP contribution in [0, 0.1) is 0 Å². The molecule has 0 radical (unpaired) electrons. The topological polar surface area (TPSA) is 50.0 Å². The molecule has 0 amide bonds. The summed E-state index contributed by atoms with van der Waals surface area (Å²) in [5, 5.41) is 3.41. The number of hydrogen-bond donors (Lipinski definition) is 0. The maximum atomic E-state index is 5.20. The highest BCUT2D eigenvalue weighted by atomic mass is 14.9. The van der Waals surface area contributed by atoms with Crippen molar-refractivity contribution in [3.63, 3.8) is 0 Å². The van der Waals surface area contributed by atoms with Crippen LogP contribution in [0.3, 0.4) is 0 Å². The number of aliphatic imine (C=N–C) groups is 3. The lowest BCUT2D eigenvalue weighted by Crippen LogP contribution is -2.04. The Labute approximate surface area is 286 Å². The molecule has 2 aliphatic rings. The van der Waals surface area contributed by atoms with E-state index >= 15 is 0 Å². The van der Waals surface area contributed by atoms with E-state index in [0.29, 0.717) is 5.84 Å². The molecule has 0 bridgehead atoms. The SMILES string of the molecule is C/C=C\C=C(\c1ccc(C2=C=CC(c3cccc4ccccc34)=NC(c3ccc(-c4cccc5cccnc45)cc3)=N2)cc1)C1C=CC=N1. The molecule has 0 spiro atoms. The van der Waals surface area contributed by atoms with Crippen LogP contribution in [0.5, 0.6) is 0 Å². The van der Waals surface area contributed by atoms with Gasteiger partial charge >= 0.3 is 0 Å². The van der Waals surface area contributed by atoms with E-state index in [0.717, 1.165) is 72.0 Å². The van der Waals surface area contributed by atoms with Crippen molar-refractivity contribution in [2.75, 3.05) is 0 Å². The highest BCUT2D eigenvalue weighted by molar-refractivity contribution is 6.23. The van der Waals surface area contributed by atoms with Gasteiger partial charge in [0, 0.05) is 46.1 Å². The summed E-state index contributed by atoms with van der Waals surface area (Å²) in [7, 11) is 0. The Bertz CT molecular complexity index is 2440. The second-order valence-corrected chi connectivity index (χ2v) is 11.9. The smallest absolute Gasteiger partial charge is 0.161 e. The number of fused-ring (bicyclic) bond motifs is 2. The number of benzene rings is 5. The van der Waals surface area contributed by atoms with Crippen LogP contribution in [0.25, 0.3) is 44.1 Å². The molecular formula is C45H32N4. The number of hydrogen-bond acceptors (Lipinski definition) is 4. The predicted molar refractivity (Wildman–Crippen MR) is 206 cm³/mol. The van der Waals surface area contributed by atoms with Crippen LogP contribution in [0.15, 0.2) is 185 Å². The van der Waals surface area contributed by atoms with Crippen LogP contribution in [0.2, 0.25) is 0 Å². The molecule has 1 unspecified atom stereocenters. The van der Waals surface area contributed by atoms with E-state index in [1.165, 1.54) is 0 Å². The third-order valence-electron chi connectivity index (χ3n) is 8.85. The Hall–Kier alpha value is -6.48. The molecule has 0 fully saturated rings. The largest absolute Gasteiger partial charge is 0.281 e. The molecule has 4 heteroatoms. The minimum Gasteiger partial charge on any atom is -0.281 e. The van der Waals surface area contributed by atoms with Gasteiger partial charge in [-0.05, 0) is 46.5 Å². The van der Waals surface area contributed by atoms with Crippen molar-refractivity contribution in [2.24, 2.45) is 15.0 Å². The predicted octanol–water partition coefficient (Wildman–Crippen LogP) is 10.5. The van der Waals surface area contributed by atoms with E-state index in [4.69, 9.17) is 9.98 Å². The molecule has 8 rings (SSSR count). The summed E-state index contributed by atoms with van der Waals surface area (Å²) >= 11 is 0. The number of pyridine rings is 1. The van der Waals surface area contributed by atoms with Gasteiger partial charge in [-0.1, -0.05) is 145 Å².